The molecule has 0 saturated carbocycles. The standard InChI is InChI=1S/C20H17N3O6/c1-2-20(22-15(24)13-10-6-7-11-14(13)16(25)26)17(27)21-19(29)23(18(20)28)12-8-4-3-5-9-12/h3-11H,2H2,1H3,(H,22,24)(H,25,26)(H,21,27,29). The number of aromatic carboxylic acids is 1. The number of hydrogen-bond acceptors (Lipinski definition) is 5. The molecule has 29 heavy (non-hydrogen) atoms. The Morgan fingerprint density at radius 2 is 1.59 bits per heavy atom. The van der Waals surface area contributed by atoms with Gasteiger partial charge in [-0.15, -0.1) is 0 Å². The fourth-order valence-electron chi connectivity index (χ4n) is 3.09. The number of carboxylic acid groups (broad SMARTS) is 1. The van der Waals surface area contributed by atoms with Gasteiger partial charge in [0.15, 0.2) is 5.54 Å². The number of carboxylic acids is 1. The largest absolute Gasteiger partial charge is 0.478 e. The van der Waals surface area contributed by atoms with Gasteiger partial charge >= 0.3 is 12.0 Å². The Labute approximate surface area is 165 Å². The van der Waals surface area contributed by atoms with Crippen molar-refractivity contribution in [3.63, 3.8) is 0 Å². The van der Waals surface area contributed by atoms with Crippen molar-refractivity contribution in [2.75, 3.05) is 4.90 Å². The third-order valence-corrected chi connectivity index (χ3v) is 4.65. The quantitative estimate of drug-likeness (QED) is 0.658. The van der Waals surface area contributed by atoms with Crippen LogP contribution in [-0.4, -0.2) is 40.4 Å². The van der Waals surface area contributed by atoms with Gasteiger partial charge in [0, 0.05) is 0 Å². The zero-order valence-corrected chi connectivity index (χ0v) is 15.3. The maximum Gasteiger partial charge on any atom is 0.336 e. The highest BCUT2D eigenvalue weighted by Crippen LogP contribution is 2.26. The summed E-state index contributed by atoms with van der Waals surface area (Å²) in [6.45, 7) is 1.50. The van der Waals surface area contributed by atoms with Gasteiger partial charge in [-0.05, 0) is 30.7 Å². The monoisotopic (exact) mass is 395 g/mol. The maximum atomic E-state index is 13.2. The van der Waals surface area contributed by atoms with Gasteiger partial charge < -0.3 is 10.4 Å². The molecule has 1 fully saturated rings. The number of urea groups is 1. The Morgan fingerprint density at radius 1 is 1.00 bits per heavy atom. The summed E-state index contributed by atoms with van der Waals surface area (Å²) in [7, 11) is 0. The van der Waals surface area contributed by atoms with E-state index >= 15 is 0 Å². The van der Waals surface area contributed by atoms with E-state index in [1.165, 1.54) is 43.3 Å². The van der Waals surface area contributed by atoms with Gasteiger partial charge in [-0.25, -0.2) is 14.5 Å². The average molecular weight is 395 g/mol. The molecular weight excluding hydrogens is 378 g/mol. The first kappa shape index (κ1) is 19.7. The Balaban J connectivity index is 2.02. The van der Waals surface area contributed by atoms with Crippen molar-refractivity contribution in [3.05, 3.63) is 65.7 Å². The predicted octanol–water partition coefficient (Wildman–Crippen LogP) is 1.55. The molecule has 3 rings (SSSR count). The molecule has 0 radical (unpaired) electrons. The molecule has 1 atom stereocenters. The van der Waals surface area contributed by atoms with Gasteiger partial charge in [-0.2, -0.15) is 0 Å². The number of hydrogen-bond donors (Lipinski definition) is 3. The fourth-order valence-corrected chi connectivity index (χ4v) is 3.09. The summed E-state index contributed by atoms with van der Waals surface area (Å²) in [6, 6.07) is 12.4. The molecule has 9 heteroatoms. The van der Waals surface area contributed by atoms with Crippen LogP contribution in [0.5, 0.6) is 0 Å². The minimum atomic E-state index is -2.08. The fraction of sp³-hybridized carbons (Fsp3) is 0.150. The smallest absolute Gasteiger partial charge is 0.336 e. The molecule has 1 aliphatic rings. The highest BCUT2D eigenvalue weighted by molar-refractivity contribution is 6.33. The number of imide groups is 2. The van der Waals surface area contributed by atoms with Crippen LogP contribution >= 0.6 is 0 Å². The van der Waals surface area contributed by atoms with Crippen molar-refractivity contribution < 1.29 is 29.1 Å². The van der Waals surface area contributed by atoms with Crippen LogP contribution in [0.25, 0.3) is 0 Å². The molecule has 3 N–H and O–H groups in total. The normalized spacial score (nSPS) is 18.9. The van der Waals surface area contributed by atoms with E-state index in [0.29, 0.717) is 0 Å². The summed E-state index contributed by atoms with van der Waals surface area (Å²) in [4.78, 5) is 63.1. The molecule has 9 nitrogen and oxygen atoms in total. The van der Waals surface area contributed by atoms with Crippen molar-refractivity contribution >= 4 is 35.4 Å². The molecule has 1 unspecified atom stereocenters. The van der Waals surface area contributed by atoms with E-state index in [-0.39, 0.29) is 23.2 Å². The first-order valence-electron chi connectivity index (χ1n) is 8.71. The zero-order valence-electron chi connectivity index (χ0n) is 15.3. The highest BCUT2D eigenvalue weighted by atomic mass is 16.4. The van der Waals surface area contributed by atoms with Gasteiger partial charge in [0.05, 0.1) is 16.8 Å². The minimum Gasteiger partial charge on any atom is -0.478 e. The van der Waals surface area contributed by atoms with Crippen LogP contribution in [-0.2, 0) is 9.59 Å². The number of rotatable bonds is 5. The molecule has 1 aliphatic heterocycles. The Bertz CT molecular complexity index is 1020. The lowest BCUT2D eigenvalue weighted by atomic mass is 9.90. The number of para-hydroxylation sites is 1. The molecule has 1 heterocycles. The lowest BCUT2D eigenvalue weighted by Gasteiger charge is -2.39. The molecule has 0 spiro atoms. The van der Waals surface area contributed by atoms with E-state index in [9.17, 15) is 29.1 Å². The van der Waals surface area contributed by atoms with Gasteiger partial charge in [0.2, 0.25) is 0 Å². The van der Waals surface area contributed by atoms with E-state index in [2.05, 4.69) is 10.6 Å². The lowest BCUT2D eigenvalue weighted by Crippen LogP contribution is -2.74. The van der Waals surface area contributed by atoms with Crippen molar-refractivity contribution in [2.45, 2.75) is 18.9 Å². The SMILES string of the molecule is CCC1(NC(=O)c2ccccc2C(=O)O)C(=O)NC(=O)N(c2ccccc2)C1=O. The Morgan fingerprint density at radius 3 is 2.17 bits per heavy atom. The van der Waals surface area contributed by atoms with Crippen LogP contribution in [0, 0.1) is 0 Å². The number of carbonyl (C=O) groups is 5. The van der Waals surface area contributed by atoms with Gasteiger partial charge in [0.25, 0.3) is 17.7 Å². The molecule has 148 valence electrons. The number of amides is 5. The second kappa shape index (κ2) is 7.55. The van der Waals surface area contributed by atoms with E-state index < -0.39 is 35.3 Å². The highest BCUT2D eigenvalue weighted by Gasteiger charge is 2.54. The Hall–Kier alpha value is -4.01. The van der Waals surface area contributed by atoms with Crippen molar-refractivity contribution in [3.8, 4) is 0 Å². The first-order chi connectivity index (χ1) is 13.8. The second-order valence-electron chi connectivity index (χ2n) is 6.30. The van der Waals surface area contributed by atoms with Crippen LogP contribution in [0.3, 0.4) is 0 Å². The zero-order chi connectivity index (χ0) is 21.2. The van der Waals surface area contributed by atoms with Crippen LogP contribution in [0.4, 0.5) is 10.5 Å². The van der Waals surface area contributed by atoms with Gasteiger partial charge in [-0.1, -0.05) is 37.3 Å². The number of barbiturate groups is 1. The van der Waals surface area contributed by atoms with E-state index in [1.807, 2.05) is 0 Å². The second-order valence-corrected chi connectivity index (χ2v) is 6.30. The maximum absolute atomic E-state index is 13.2. The third-order valence-electron chi connectivity index (χ3n) is 4.65. The number of anilines is 1. The molecular formula is C20H17N3O6. The van der Waals surface area contributed by atoms with Crippen LogP contribution in [0.1, 0.15) is 34.1 Å². The number of benzene rings is 2. The topological polar surface area (TPSA) is 133 Å². The Kier molecular flexibility index (Phi) is 5.14. The summed E-state index contributed by atoms with van der Waals surface area (Å²) in [6.07, 6.45) is -0.157. The van der Waals surface area contributed by atoms with Crippen molar-refractivity contribution in [2.24, 2.45) is 0 Å². The van der Waals surface area contributed by atoms with E-state index in [0.717, 1.165) is 4.90 Å². The molecule has 5 amide bonds. The molecule has 2 aromatic rings. The summed E-state index contributed by atoms with van der Waals surface area (Å²) in [5, 5.41) is 13.7. The average Bonchev–Trinajstić information content (AvgIpc) is 2.71. The van der Waals surface area contributed by atoms with Crippen LogP contribution < -0.4 is 15.5 Å². The van der Waals surface area contributed by atoms with E-state index in [4.69, 9.17) is 0 Å². The van der Waals surface area contributed by atoms with Crippen LogP contribution in [0.2, 0.25) is 0 Å². The van der Waals surface area contributed by atoms with Gasteiger partial charge in [-0.3, -0.25) is 19.7 Å². The molecule has 2 aromatic carbocycles. The summed E-state index contributed by atoms with van der Waals surface area (Å²) < 4.78 is 0. The first-order valence-corrected chi connectivity index (χ1v) is 8.71. The van der Waals surface area contributed by atoms with Crippen molar-refractivity contribution in [1.82, 2.24) is 10.6 Å². The predicted molar refractivity (Wildman–Crippen MR) is 101 cm³/mol. The summed E-state index contributed by atoms with van der Waals surface area (Å²) in [5.41, 5.74) is -2.35. The number of nitrogens with zero attached hydrogens (tertiary/aromatic N) is 1. The summed E-state index contributed by atoms with van der Waals surface area (Å²) in [5.74, 6) is -4.16. The molecule has 1 saturated heterocycles. The molecule has 0 aliphatic carbocycles. The summed E-state index contributed by atoms with van der Waals surface area (Å²) >= 11 is 0. The number of nitrogens with one attached hydrogen (secondary N) is 2. The lowest BCUT2D eigenvalue weighted by molar-refractivity contribution is -0.137. The molecule has 0 aromatic heterocycles. The van der Waals surface area contributed by atoms with Crippen LogP contribution in [0.15, 0.2) is 54.6 Å². The number of carbonyl (C=O) groups excluding carboxylic acids is 4. The van der Waals surface area contributed by atoms with E-state index in [1.54, 1.807) is 18.2 Å². The van der Waals surface area contributed by atoms with Gasteiger partial charge in [0.1, 0.15) is 0 Å². The molecule has 0 bridgehead atoms. The minimum absolute atomic E-state index is 0.157. The van der Waals surface area contributed by atoms with Crippen molar-refractivity contribution in [1.29, 1.82) is 0 Å². The third kappa shape index (κ3) is 3.33.